The maximum atomic E-state index is 12.8. The van der Waals surface area contributed by atoms with E-state index in [1.807, 2.05) is 0 Å². The minimum Gasteiger partial charge on any atom is -0.322 e. The zero-order chi connectivity index (χ0) is 11.0. The topological polar surface area (TPSA) is 58.2 Å². The fraction of sp³-hybridized carbons (Fsp3) is 0.111. The number of amides is 3. The molecule has 1 heterocycles. The van der Waals surface area contributed by atoms with E-state index in [-0.39, 0.29) is 5.02 Å². The van der Waals surface area contributed by atoms with Gasteiger partial charge in [0.2, 0.25) is 0 Å². The molecule has 1 aliphatic heterocycles. The zero-order valence-electron chi connectivity index (χ0n) is 7.38. The first-order valence-corrected chi connectivity index (χ1v) is 4.52. The Balaban J connectivity index is 2.34. The second-order valence-corrected chi connectivity index (χ2v) is 3.48. The molecule has 1 unspecified atom stereocenters. The van der Waals surface area contributed by atoms with E-state index in [1.165, 1.54) is 12.1 Å². The number of rotatable bonds is 1. The van der Waals surface area contributed by atoms with Crippen LogP contribution in [0.3, 0.4) is 0 Å². The number of benzene rings is 1. The van der Waals surface area contributed by atoms with Gasteiger partial charge in [-0.15, -0.1) is 0 Å². The molecule has 15 heavy (non-hydrogen) atoms. The van der Waals surface area contributed by atoms with Crippen LogP contribution in [0.2, 0.25) is 5.02 Å². The molecule has 1 atom stereocenters. The second kappa shape index (κ2) is 3.51. The molecule has 4 nitrogen and oxygen atoms in total. The lowest BCUT2D eigenvalue weighted by Gasteiger charge is -2.07. The number of halogens is 2. The van der Waals surface area contributed by atoms with E-state index in [4.69, 9.17) is 11.6 Å². The minimum absolute atomic E-state index is 0.0820. The Morgan fingerprint density at radius 2 is 2.07 bits per heavy atom. The van der Waals surface area contributed by atoms with Gasteiger partial charge in [0.25, 0.3) is 5.91 Å². The molecule has 2 rings (SSSR count). The summed E-state index contributed by atoms with van der Waals surface area (Å²) in [7, 11) is 0. The maximum Gasteiger partial charge on any atom is 0.322 e. The number of carbonyl (C=O) groups excluding carboxylic acids is 2. The van der Waals surface area contributed by atoms with Crippen molar-refractivity contribution in [2.24, 2.45) is 0 Å². The summed E-state index contributed by atoms with van der Waals surface area (Å²) < 4.78 is 12.8. The van der Waals surface area contributed by atoms with Crippen LogP contribution in [0.4, 0.5) is 9.18 Å². The Bertz CT molecular complexity index is 450. The molecule has 6 heteroatoms. The van der Waals surface area contributed by atoms with Crippen LogP contribution in [-0.2, 0) is 4.79 Å². The van der Waals surface area contributed by atoms with Gasteiger partial charge in [0.15, 0.2) is 0 Å². The summed E-state index contributed by atoms with van der Waals surface area (Å²) in [6.07, 6.45) is 0. The van der Waals surface area contributed by atoms with Gasteiger partial charge in [-0.25, -0.2) is 9.18 Å². The third-order valence-electron chi connectivity index (χ3n) is 2.05. The van der Waals surface area contributed by atoms with Gasteiger partial charge in [0.1, 0.15) is 11.9 Å². The maximum absolute atomic E-state index is 12.8. The first kappa shape index (κ1) is 9.92. The lowest BCUT2D eigenvalue weighted by Crippen LogP contribution is -2.22. The Hall–Kier alpha value is -1.62. The van der Waals surface area contributed by atoms with E-state index in [9.17, 15) is 14.0 Å². The van der Waals surface area contributed by atoms with Gasteiger partial charge >= 0.3 is 6.03 Å². The van der Waals surface area contributed by atoms with E-state index in [1.54, 1.807) is 0 Å². The Morgan fingerprint density at radius 1 is 1.33 bits per heavy atom. The molecular formula is C9H6ClFN2O2. The SMILES string of the molecule is O=C1NC(=O)C(c2ccc(F)c(Cl)c2)N1. The molecule has 0 bridgehead atoms. The fourth-order valence-corrected chi connectivity index (χ4v) is 1.53. The normalized spacial score (nSPS) is 20.0. The molecule has 1 aromatic rings. The quantitative estimate of drug-likeness (QED) is 0.713. The minimum atomic E-state index is -0.796. The van der Waals surface area contributed by atoms with E-state index in [0.717, 1.165) is 6.07 Å². The van der Waals surface area contributed by atoms with Gasteiger partial charge in [-0.05, 0) is 17.7 Å². The van der Waals surface area contributed by atoms with Gasteiger partial charge < -0.3 is 5.32 Å². The van der Waals surface area contributed by atoms with Crippen molar-refractivity contribution in [3.05, 3.63) is 34.6 Å². The Kier molecular flexibility index (Phi) is 2.32. The van der Waals surface area contributed by atoms with Crippen LogP contribution in [0.5, 0.6) is 0 Å². The molecule has 1 saturated heterocycles. The largest absolute Gasteiger partial charge is 0.322 e. The highest BCUT2D eigenvalue weighted by molar-refractivity contribution is 6.30. The van der Waals surface area contributed by atoms with E-state index >= 15 is 0 Å². The van der Waals surface area contributed by atoms with Crippen LogP contribution in [0.15, 0.2) is 18.2 Å². The monoisotopic (exact) mass is 228 g/mol. The predicted octanol–water partition coefficient (Wildman–Crippen LogP) is 1.36. The van der Waals surface area contributed by atoms with Crippen LogP contribution in [0.1, 0.15) is 11.6 Å². The van der Waals surface area contributed by atoms with E-state index in [0.29, 0.717) is 5.56 Å². The summed E-state index contributed by atoms with van der Waals surface area (Å²) in [6, 6.07) is 2.50. The van der Waals surface area contributed by atoms with Crippen LogP contribution in [-0.4, -0.2) is 11.9 Å². The Morgan fingerprint density at radius 3 is 2.60 bits per heavy atom. The third-order valence-corrected chi connectivity index (χ3v) is 2.34. The van der Waals surface area contributed by atoms with Gasteiger partial charge in [-0.3, -0.25) is 10.1 Å². The number of imide groups is 1. The summed E-state index contributed by atoms with van der Waals surface area (Å²) in [5.41, 5.74) is 0.449. The number of urea groups is 1. The van der Waals surface area contributed by atoms with Crippen LogP contribution in [0.25, 0.3) is 0 Å². The first-order chi connectivity index (χ1) is 7.08. The molecular weight excluding hydrogens is 223 g/mol. The molecule has 78 valence electrons. The van der Waals surface area contributed by atoms with Crippen LogP contribution >= 0.6 is 11.6 Å². The first-order valence-electron chi connectivity index (χ1n) is 4.14. The lowest BCUT2D eigenvalue weighted by molar-refractivity contribution is -0.120. The van der Waals surface area contributed by atoms with Gasteiger partial charge in [-0.2, -0.15) is 0 Å². The summed E-state index contributed by atoms with van der Waals surface area (Å²) in [5, 5.41) is 4.38. The number of carbonyl (C=O) groups is 2. The molecule has 1 fully saturated rings. The number of nitrogens with one attached hydrogen (secondary N) is 2. The number of hydrogen-bond donors (Lipinski definition) is 2. The molecule has 0 aliphatic carbocycles. The van der Waals surface area contributed by atoms with E-state index < -0.39 is 23.8 Å². The third kappa shape index (κ3) is 1.78. The van der Waals surface area contributed by atoms with Gasteiger partial charge in [0.05, 0.1) is 5.02 Å². The highest BCUT2D eigenvalue weighted by Crippen LogP contribution is 2.22. The lowest BCUT2D eigenvalue weighted by atomic mass is 10.1. The standard InChI is InChI=1S/C9H6ClFN2O2/c10-5-3-4(1-2-6(5)11)7-8(14)13-9(15)12-7/h1-3,7H,(H2,12,13,14,15). The molecule has 3 amide bonds. The Labute approximate surface area is 89.4 Å². The van der Waals surface area contributed by atoms with Crippen molar-refractivity contribution in [1.82, 2.24) is 10.6 Å². The van der Waals surface area contributed by atoms with Crippen molar-refractivity contribution < 1.29 is 14.0 Å². The molecule has 1 aliphatic rings. The predicted molar refractivity (Wildman–Crippen MR) is 50.8 cm³/mol. The van der Waals surface area contributed by atoms with Gasteiger partial charge in [0, 0.05) is 0 Å². The van der Waals surface area contributed by atoms with Crippen molar-refractivity contribution in [2.45, 2.75) is 6.04 Å². The number of hydrogen-bond acceptors (Lipinski definition) is 2. The van der Waals surface area contributed by atoms with Crippen molar-refractivity contribution in [1.29, 1.82) is 0 Å². The molecule has 2 N–H and O–H groups in total. The molecule has 0 spiro atoms. The van der Waals surface area contributed by atoms with Crippen LogP contribution < -0.4 is 10.6 Å². The van der Waals surface area contributed by atoms with Crippen molar-refractivity contribution in [3.8, 4) is 0 Å². The summed E-state index contributed by atoms with van der Waals surface area (Å²) in [4.78, 5) is 22.1. The fourth-order valence-electron chi connectivity index (χ4n) is 1.34. The highest BCUT2D eigenvalue weighted by atomic mass is 35.5. The average Bonchev–Trinajstić information content (AvgIpc) is 2.50. The zero-order valence-corrected chi connectivity index (χ0v) is 8.14. The smallest absolute Gasteiger partial charge is 0.322 e. The highest BCUT2D eigenvalue weighted by Gasteiger charge is 2.30. The van der Waals surface area contributed by atoms with Gasteiger partial charge in [-0.1, -0.05) is 17.7 Å². The van der Waals surface area contributed by atoms with Crippen molar-refractivity contribution in [3.63, 3.8) is 0 Å². The average molecular weight is 229 g/mol. The summed E-state index contributed by atoms with van der Waals surface area (Å²) in [5.74, 6) is -1.03. The molecule has 0 radical (unpaired) electrons. The summed E-state index contributed by atoms with van der Waals surface area (Å²) in [6.45, 7) is 0. The molecule has 0 aromatic heterocycles. The van der Waals surface area contributed by atoms with Crippen molar-refractivity contribution in [2.75, 3.05) is 0 Å². The second-order valence-electron chi connectivity index (χ2n) is 3.07. The molecule has 1 aromatic carbocycles. The van der Waals surface area contributed by atoms with E-state index in [2.05, 4.69) is 10.6 Å². The molecule has 0 saturated carbocycles. The van der Waals surface area contributed by atoms with Crippen molar-refractivity contribution >= 4 is 23.5 Å². The van der Waals surface area contributed by atoms with Crippen LogP contribution in [0, 0.1) is 5.82 Å². The summed E-state index contributed by atoms with van der Waals surface area (Å²) >= 11 is 5.56.